The van der Waals surface area contributed by atoms with Gasteiger partial charge in [-0.05, 0) is 58.0 Å². The minimum Gasteiger partial charge on any atom is -0.445 e. The SMILES string of the molecule is O=C(N[C@@H](Cc1ccc([N+](=O)[O-])cc1)C(=O)Nc1ccc(I)cc1)OCc1ccccc1. The summed E-state index contributed by atoms with van der Waals surface area (Å²) in [4.78, 5) is 35.6. The fourth-order valence-corrected chi connectivity index (χ4v) is 3.23. The molecule has 0 aliphatic heterocycles. The van der Waals surface area contributed by atoms with E-state index in [0.29, 0.717) is 11.3 Å². The highest BCUT2D eigenvalue weighted by atomic mass is 127. The van der Waals surface area contributed by atoms with Gasteiger partial charge in [-0.3, -0.25) is 14.9 Å². The summed E-state index contributed by atoms with van der Waals surface area (Å²) in [5.41, 5.74) is 2.01. The molecule has 32 heavy (non-hydrogen) atoms. The summed E-state index contributed by atoms with van der Waals surface area (Å²) in [6.45, 7) is 0.0651. The monoisotopic (exact) mass is 545 g/mol. The number of ether oxygens (including phenoxy) is 1. The van der Waals surface area contributed by atoms with Crippen LogP contribution >= 0.6 is 22.6 Å². The molecule has 0 heterocycles. The van der Waals surface area contributed by atoms with Gasteiger partial charge in [-0.1, -0.05) is 42.5 Å². The molecule has 3 aromatic rings. The quantitative estimate of drug-likeness (QED) is 0.243. The number of halogens is 1. The molecule has 0 aromatic heterocycles. The minimum absolute atomic E-state index is 0.0520. The fraction of sp³-hybridized carbons (Fsp3) is 0.130. The molecule has 0 saturated carbocycles. The first-order valence-corrected chi connectivity index (χ1v) is 10.8. The molecule has 3 rings (SSSR count). The van der Waals surface area contributed by atoms with Crippen molar-refractivity contribution in [3.8, 4) is 0 Å². The van der Waals surface area contributed by atoms with Gasteiger partial charge < -0.3 is 15.4 Å². The van der Waals surface area contributed by atoms with Crippen molar-refractivity contribution >= 4 is 46.0 Å². The van der Waals surface area contributed by atoms with Crippen LogP contribution in [0.2, 0.25) is 0 Å². The zero-order valence-corrected chi connectivity index (χ0v) is 19.0. The number of nitrogens with one attached hydrogen (secondary N) is 2. The summed E-state index contributed by atoms with van der Waals surface area (Å²) < 4.78 is 6.26. The van der Waals surface area contributed by atoms with Gasteiger partial charge in [0.1, 0.15) is 12.6 Å². The van der Waals surface area contributed by atoms with Crippen molar-refractivity contribution in [2.24, 2.45) is 0 Å². The number of hydrogen-bond acceptors (Lipinski definition) is 5. The Morgan fingerprint density at radius 3 is 2.22 bits per heavy atom. The van der Waals surface area contributed by atoms with E-state index in [1.165, 1.54) is 12.1 Å². The highest BCUT2D eigenvalue weighted by Crippen LogP contribution is 2.15. The Balaban J connectivity index is 1.69. The van der Waals surface area contributed by atoms with Crippen molar-refractivity contribution in [3.63, 3.8) is 0 Å². The lowest BCUT2D eigenvalue weighted by Crippen LogP contribution is -2.45. The lowest BCUT2D eigenvalue weighted by atomic mass is 10.0. The summed E-state index contributed by atoms with van der Waals surface area (Å²) in [5.74, 6) is -0.429. The van der Waals surface area contributed by atoms with E-state index in [-0.39, 0.29) is 18.7 Å². The predicted molar refractivity (Wildman–Crippen MR) is 128 cm³/mol. The van der Waals surface area contributed by atoms with Crippen molar-refractivity contribution in [3.05, 3.63) is 104 Å². The first-order valence-electron chi connectivity index (χ1n) is 9.67. The van der Waals surface area contributed by atoms with Crippen LogP contribution in [0.15, 0.2) is 78.9 Å². The third-order valence-corrected chi connectivity index (χ3v) is 5.24. The molecular weight excluding hydrogens is 525 g/mol. The van der Waals surface area contributed by atoms with Gasteiger partial charge in [0.15, 0.2) is 0 Å². The molecule has 0 aliphatic rings. The second kappa shape index (κ2) is 11.2. The van der Waals surface area contributed by atoms with Gasteiger partial charge in [-0.2, -0.15) is 0 Å². The summed E-state index contributed by atoms with van der Waals surface area (Å²) >= 11 is 2.16. The lowest BCUT2D eigenvalue weighted by Gasteiger charge is -2.19. The van der Waals surface area contributed by atoms with Gasteiger partial charge in [0.2, 0.25) is 5.91 Å². The molecule has 8 nitrogen and oxygen atoms in total. The third-order valence-electron chi connectivity index (χ3n) is 4.52. The zero-order chi connectivity index (χ0) is 22.9. The molecule has 0 fully saturated rings. The average molecular weight is 545 g/mol. The number of anilines is 1. The van der Waals surface area contributed by atoms with Gasteiger partial charge in [-0.15, -0.1) is 0 Å². The molecule has 3 aromatic carbocycles. The smallest absolute Gasteiger partial charge is 0.408 e. The van der Waals surface area contributed by atoms with Crippen LogP contribution < -0.4 is 10.6 Å². The number of alkyl carbamates (subject to hydrolysis) is 1. The average Bonchev–Trinajstić information content (AvgIpc) is 2.80. The Morgan fingerprint density at radius 2 is 1.59 bits per heavy atom. The summed E-state index contributed by atoms with van der Waals surface area (Å²) in [6, 6.07) is 21.3. The van der Waals surface area contributed by atoms with E-state index in [0.717, 1.165) is 9.13 Å². The maximum atomic E-state index is 12.9. The van der Waals surface area contributed by atoms with Crippen LogP contribution in [0, 0.1) is 13.7 Å². The second-order valence-electron chi connectivity index (χ2n) is 6.88. The molecular formula is C23H20IN3O5. The molecule has 1 atom stereocenters. The van der Waals surface area contributed by atoms with E-state index >= 15 is 0 Å². The number of nitro groups is 1. The van der Waals surface area contributed by atoms with E-state index in [2.05, 4.69) is 33.2 Å². The first kappa shape index (κ1) is 23.2. The molecule has 0 radical (unpaired) electrons. The number of nitro benzene ring substituents is 1. The molecule has 0 spiro atoms. The Kier molecular flexibility index (Phi) is 8.14. The van der Waals surface area contributed by atoms with Gasteiger partial charge in [-0.25, -0.2) is 4.79 Å². The van der Waals surface area contributed by atoms with Crippen LogP contribution in [0.3, 0.4) is 0 Å². The van der Waals surface area contributed by atoms with Crippen LogP contribution in [0.1, 0.15) is 11.1 Å². The van der Waals surface area contributed by atoms with E-state index in [4.69, 9.17) is 4.74 Å². The van der Waals surface area contributed by atoms with Gasteiger partial charge in [0.05, 0.1) is 4.92 Å². The van der Waals surface area contributed by atoms with Crippen molar-refractivity contribution in [2.75, 3.05) is 5.32 Å². The molecule has 0 unspecified atom stereocenters. The van der Waals surface area contributed by atoms with E-state index in [9.17, 15) is 19.7 Å². The van der Waals surface area contributed by atoms with Crippen molar-refractivity contribution in [1.29, 1.82) is 0 Å². The van der Waals surface area contributed by atoms with Crippen LogP contribution in [0.5, 0.6) is 0 Å². The number of nitrogens with zero attached hydrogens (tertiary/aromatic N) is 1. The van der Waals surface area contributed by atoms with Crippen molar-refractivity contribution in [1.82, 2.24) is 5.32 Å². The van der Waals surface area contributed by atoms with Gasteiger partial charge in [0, 0.05) is 27.8 Å². The molecule has 0 saturated heterocycles. The Labute approximate surface area is 198 Å². The number of non-ortho nitro benzene ring substituents is 1. The second-order valence-corrected chi connectivity index (χ2v) is 8.13. The number of carbonyl (C=O) groups is 2. The van der Waals surface area contributed by atoms with E-state index in [1.54, 1.807) is 24.3 Å². The van der Waals surface area contributed by atoms with E-state index in [1.807, 2.05) is 42.5 Å². The number of amides is 2. The predicted octanol–water partition coefficient (Wildman–Crippen LogP) is 4.68. The van der Waals surface area contributed by atoms with Crippen molar-refractivity contribution < 1.29 is 19.2 Å². The topological polar surface area (TPSA) is 111 Å². The summed E-state index contributed by atoms with van der Waals surface area (Å²) in [5, 5.41) is 16.2. The zero-order valence-electron chi connectivity index (χ0n) is 16.9. The summed E-state index contributed by atoms with van der Waals surface area (Å²) in [7, 11) is 0. The van der Waals surface area contributed by atoms with Crippen molar-refractivity contribution in [2.45, 2.75) is 19.1 Å². The Hall–Kier alpha value is -3.47. The molecule has 0 bridgehead atoms. The Bertz CT molecular complexity index is 1070. The Morgan fingerprint density at radius 1 is 0.938 bits per heavy atom. The standard InChI is InChI=1S/C23H20IN3O5/c24-18-8-10-19(11-9-18)25-22(28)21(14-16-6-12-20(13-7-16)27(30)31)26-23(29)32-15-17-4-2-1-3-5-17/h1-13,21H,14-15H2,(H,25,28)(H,26,29)/t21-/m0/s1. The van der Waals surface area contributed by atoms with Crippen LogP contribution in [0.4, 0.5) is 16.2 Å². The molecule has 0 aliphatic carbocycles. The molecule has 164 valence electrons. The molecule has 2 N–H and O–H groups in total. The van der Waals surface area contributed by atoms with Crippen LogP contribution in [0.25, 0.3) is 0 Å². The third kappa shape index (κ3) is 7.05. The van der Waals surface area contributed by atoms with Gasteiger partial charge in [0.25, 0.3) is 5.69 Å². The number of hydrogen-bond donors (Lipinski definition) is 2. The molecule has 2 amide bonds. The van der Waals surface area contributed by atoms with E-state index < -0.39 is 23.0 Å². The number of carbonyl (C=O) groups excluding carboxylic acids is 2. The molecule has 9 heteroatoms. The van der Waals surface area contributed by atoms with Crippen LogP contribution in [-0.2, 0) is 22.6 Å². The highest BCUT2D eigenvalue weighted by Gasteiger charge is 2.23. The first-order chi connectivity index (χ1) is 15.4. The summed E-state index contributed by atoms with van der Waals surface area (Å²) in [6.07, 6.45) is -0.604. The fourth-order valence-electron chi connectivity index (χ4n) is 2.87. The lowest BCUT2D eigenvalue weighted by molar-refractivity contribution is -0.384. The number of rotatable bonds is 8. The minimum atomic E-state index is -0.945. The van der Waals surface area contributed by atoms with Crippen LogP contribution in [-0.4, -0.2) is 23.0 Å². The number of benzene rings is 3. The normalized spacial score (nSPS) is 11.3. The largest absolute Gasteiger partial charge is 0.445 e. The maximum absolute atomic E-state index is 12.9. The highest BCUT2D eigenvalue weighted by molar-refractivity contribution is 14.1. The maximum Gasteiger partial charge on any atom is 0.408 e. The van der Waals surface area contributed by atoms with Gasteiger partial charge >= 0.3 is 6.09 Å².